The Kier molecular flexibility index (Phi) is 5.48. The molecule has 24 heavy (non-hydrogen) atoms. The standard InChI is InChI=1S/C16H26N4O4/c1-16(2,3)24-15(22)20-8-6-11-12(10-20)19(4)18-13(11)14(21)17-7-9-23-5/h6-10H2,1-5H3,(H,17,21). The quantitative estimate of drug-likeness (QED) is 0.831. The molecule has 0 saturated carbocycles. The van der Waals surface area contributed by atoms with Gasteiger partial charge in [0.05, 0.1) is 18.8 Å². The molecule has 2 rings (SSSR count). The third-order valence-electron chi connectivity index (χ3n) is 3.71. The Labute approximate surface area is 142 Å². The molecule has 0 bridgehead atoms. The molecule has 1 aliphatic rings. The molecule has 0 unspecified atom stereocenters. The van der Waals surface area contributed by atoms with Gasteiger partial charge < -0.3 is 19.7 Å². The summed E-state index contributed by atoms with van der Waals surface area (Å²) >= 11 is 0. The average molecular weight is 338 g/mol. The second-order valence-electron chi connectivity index (χ2n) is 6.80. The summed E-state index contributed by atoms with van der Waals surface area (Å²) in [7, 11) is 3.36. The van der Waals surface area contributed by atoms with E-state index in [1.165, 1.54) is 0 Å². The van der Waals surface area contributed by atoms with E-state index < -0.39 is 5.60 Å². The summed E-state index contributed by atoms with van der Waals surface area (Å²) in [6.07, 6.45) is 0.232. The third kappa shape index (κ3) is 4.25. The van der Waals surface area contributed by atoms with Gasteiger partial charge >= 0.3 is 6.09 Å². The first-order chi connectivity index (χ1) is 11.2. The van der Waals surface area contributed by atoms with E-state index in [2.05, 4.69) is 10.4 Å². The smallest absolute Gasteiger partial charge is 0.410 e. The van der Waals surface area contributed by atoms with Crippen molar-refractivity contribution in [2.75, 3.05) is 26.8 Å². The first kappa shape index (κ1) is 18.3. The van der Waals surface area contributed by atoms with Crippen molar-refractivity contribution in [3.05, 3.63) is 17.0 Å². The molecule has 2 heterocycles. The van der Waals surface area contributed by atoms with Gasteiger partial charge in [0, 0.05) is 32.8 Å². The molecule has 0 saturated heterocycles. The molecule has 0 atom stereocenters. The van der Waals surface area contributed by atoms with Crippen LogP contribution >= 0.6 is 0 Å². The Balaban J connectivity index is 2.10. The number of hydrogen-bond acceptors (Lipinski definition) is 5. The van der Waals surface area contributed by atoms with Crippen LogP contribution in [0.2, 0.25) is 0 Å². The summed E-state index contributed by atoms with van der Waals surface area (Å²) in [5.74, 6) is -0.213. The van der Waals surface area contributed by atoms with Crippen LogP contribution in [0.3, 0.4) is 0 Å². The second-order valence-corrected chi connectivity index (χ2v) is 6.80. The molecule has 8 nitrogen and oxygen atoms in total. The first-order valence-corrected chi connectivity index (χ1v) is 8.02. The van der Waals surface area contributed by atoms with Gasteiger partial charge in [0.1, 0.15) is 5.60 Å². The summed E-state index contributed by atoms with van der Waals surface area (Å²) in [6.45, 7) is 7.30. The molecule has 1 aromatic rings. The van der Waals surface area contributed by atoms with Crippen molar-refractivity contribution in [3.63, 3.8) is 0 Å². The highest BCUT2D eigenvalue weighted by Crippen LogP contribution is 2.23. The van der Waals surface area contributed by atoms with Crippen LogP contribution in [-0.4, -0.2) is 59.1 Å². The molecule has 0 radical (unpaired) electrons. The van der Waals surface area contributed by atoms with Crippen molar-refractivity contribution in [3.8, 4) is 0 Å². The molecule has 2 amide bonds. The Morgan fingerprint density at radius 2 is 2.04 bits per heavy atom. The van der Waals surface area contributed by atoms with E-state index in [9.17, 15) is 9.59 Å². The number of aryl methyl sites for hydroxylation is 1. The molecule has 0 aromatic carbocycles. The lowest BCUT2D eigenvalue weighted by atomic mass is 10.0. The maximum atomic E-state index is 12.3. The van der Waals surface area contributed by atoms with Crippen molar-refractivity contribution in [1.82, 2.24) is 20.0 Å². The van der Waals surface area contributed by atoms with E-state index in [-0.39, 0.29) is 12.0 Å². The molecule has 1 aromatic heterocycles. The molecular formula is C16H26N4O4. The van der Waals surface area contributed by atoms with Gasteiger partial charge in [-0.3, -0.25) is 9.48 Å². The predicted molar refractivity (Wildman–Crippen MR) is 87.8 cm³/mol. The normalized spacial score (nSPS) is 14.3. The van der Waals surface area contributed by atoms with Crippen molar-refractivity contribution in [2.45, 2.75) is 39.3 Å². The van der Waals surface area contributed by atoms with Crippen LogP contribution in [0.5, 0.6) is 0 Å². The highest BCUT2D eigenvalue weighted by atomic mass is 16.6. The molecule has 1 N–H and O–H groups in total. The Morgan fingerprint density at radius 1 is 1.33 bits per heavy atom. The summed E-state index contributed by atoms with van der Waals surface area (Å²) in [6, 6.07) is 0. The molecule has 0 spiro atoms. The minimum atomic E-state index is -0.532. The summed E-state index contributed by atoms with van der Waals surface area (Å²) in [5, 5.41) is 7.11. The first-order valence-electron chi connectivity index (χ1n) is 8.02. The number of aromatic nitrogens is 2. The van der Waals surface area contributed by atoms with Crippen LogP contribution in [0.15, 0.2) is 0 Å². The zero-order valence-corrected chi connectivity index (χ0v) is 15.0. The molecule has 0 fully saturated rings. The lowest BCUT2D eigenvalue weighted by Crippen LogP contribution is -2.40. The van der Waals surface area contributed by atoms with E-state index in [4.69, 9.17) is 9.47 Å². The predicted octanol–water partition coefficient (Wildman–Crippen LogP) is 1.09. The molecule has 1 aliphatic heterocycles. The largest absolute Gasteiger partial charge is 0.444 e. The van der Waals surface area contributed by atoms with Crippen molar-refractivity contribution >= 4 is 12.0 Å². The number of fused-ring (bicyclic) bond motifs is 1. The lowest BCUT2D eigenvalue weighted by Gasteiger charge is -2.30. The number of ether oxygens (including phenoxy) is 2. The van der Waals surface area contributed by atoms with E-state index in [1.807, 2.05) is 20.8 Å². The Hall–Kier alpha value is -2.09. The Bertz CT molecular complexity index is 618. The van der Waals surface area contributed by atoms with Crippen molar-refractivity contribution in [1.29, 1.82) is 0 Å². The highest BCUT2D eigenvalue weighted by molar-refractivity contribution is 5.94. The number of carbonyl (C=O) groups excluding carboxylic acids is 2. The van der Waals surface area contributed by atoms with Crippen LogP contribution < -0.4 is 5.32 Å². The van der Waals surface area contributed by atoms with E-state index in [1.54, 1.807) is 23.7 Å². The monoisotopic (exact) mass is 338 g/mol. The van der Waals surface area contributed by atoms with Crippen molar-refractivity contribution in [2.24, 2.45) is 7.05 Å². The fourth-order valence-electron chi connectivity index (χ4n) is 2.58. The maximum absolute atomic E-state index is 12.3. The van der Waals surface area contributed by atoms with Crippen LogP contribution in [0.25, 0.3) is 0 Å². The molecule has 0 aliphatic carbocycles. The summed E-state index contributed by atoms with van der Waals surface area (Å²) in [5.41, 5.74) is 1.65. The van der Waals surface area contributed by atoms with Crippen molar-refractivity contribution < 1.29 is 19.1 Å². The van der Waals surface area contributed by atoms with Crippen LogP contribution in [0.1, 0.15) is 42.5 Å². The number of nitrogens with one attached hydrogen (secondary N) is 1. The molecule has 134 valence electrons. The number of methoxy groups -OCH3 is 1. The average Bonchev–Trinajstić information content (AvgIpc) is 2.82. The van der Waals surface area contributed by atoms with Gasteiger partial charge in [0.25, 0.3) is 5.91 Å². The van der Waals surface area contributed by atoms with Gasteiger partial charge in [0.2, 0.25) is 0 Å². The maximum Gasteiger partial charge on any atom is 0.410 e. The van der Waals surface area contributed by atoms with E-state index in [0.717, 1.165) is 11.3 Å². The van der Waals surface area contributed by atoms with E-state index >= 15 is 0 Å². The number of hydrogen-bond donors (Lipinski definition) is 1. The van der Waals surface area contributed by atoms with Gasteiger partial charge in [0.15, 0.2) is 5.69 Å². The summed E-state index contributed by atoms with van der Waals surface area (Å²) < 4.78 is 12.0. The van der Waals surface area contributed by atoms with Gasteiger partial charge in [-0.1, -0.05) is 0 Å². The summed E-state index contributed by atoms with van der Waals surface area (Å²) in [4.78, 5) is 26.1. The number of rotatable bonds is 4. The second kappa shape index (κ2) is 7.21. The third-order valence-corrected chi connectivity index (χ3v) is 3.71. The zero-order chi connectivity index (χ0) is 17.9. The highest BCUT2D eigenvalue weighted by Gasteiger charge is 2.31. The fraction of sp³-hybridized carbons (Fsp3) is 0.688. The van der Waals surface area contributed by atoms with Gasteiger partial charge in [-0.25, -0.2) is 4.79 Å². The number of carbonyl (C=O) groups is 2. The minimum Gasteiger partial charge on any atom is -0.444 e. The number of nitrogens with zero attached hydrogens (tertiary/aromatic N) is 3. The fourth-order valence-corrected chi connectivity index (χ4v) is 2.58. The van der Waals surface area contributed by atoms with E-state index in [0.29, 0.717) is 38.4 Å². The van der Waals surface area contributed by atoms with Crippen LogP contribution in [0, 0.1) is 0 Å². The number of amides is 2. The topological polar surface area (TPSA) is 85.7 Å². The zero-order valence-electron chi connectivity index (χ0n) is 15.0. The van der Waals surface area contributed by atoms with Gasteiger partial charge in [-0.2, -0.15) is 5.10 Å². The molecule has 8 heteroatoms. The Morgan fingerprint density at radius 3 is 2.67 bits per heavy atom. The minimum absolute atomic E-state index is 0.213. The van der Waals surface area contributed by atoms with Crippen LogP contribution in [-0.2, 0) is 29.5 Å². The lowest BCUT2D eigenvalue weighted by molar-refractivity contribution is 0.0219. The SMILES string of the molecule is COCCNC(=O)c1nn(C)c2c1CCN(C(=O)OC(C)(C)C)C2. The van der Waals surface area contributed by atoms with Crippen LogP contribution in [0.4, 0.5) is 4.79 Å². The van der Waals surface area contributed by atoms with Gasteiger partial charge in [-0.05, 0) is 27.2 Å². The molecular weight excluding hydrogens is 312 g/mol. The van der Waals surface area contributed by atoms with Gasteiger partial charge in [-0.15, -0.1) is 0 Å².